The molecule has 1 aromatic rings. The lowest BCUT2D eigenvalue weighted by Gasteiger charge is -2.26. The van der Waals surface area contributed by atoms with Gasteiger partial charge in [0, 0.05) is 13.1 Å². The summed E-state index contributed by atoms with van der Waals surface area (Å²) < 4.78 is 5.52. The van der Waals surface area contributed by atoms with Gasteiger partial charge in [-0.1, -0.05) is 20.8 Å². The highest BCUT2D eigenvalue weighted by Gasteiger charge is 2.36. The van der Waals surface area contributed by atoms with E-state index in [1.165, 1.54) is 19.3 Å². The molecule has 0 radical (unpaired) electrons. The maximum Gasteiger partial charge on any atom is 0.323 e. The summed E-state index contributed by atoms with van der Waals surface area (Å²) in [6.07, 6.45) is 4.42. The molecule has 2 heterocycles. The van der Waals surface area contributed by atoms with Crippen molar-refractivity contribution < 1.29 is 4.74 Å². The van der Waals surface area contributed by atoms with Crippen LogP contribution in [0.3, 0.4) is 0 Å². The van der Waals surface area contributed by atoms with Crippen molar-refractivity contribution in [1.82, 2.24) is 15.0 Å². The average molecular weight is 294 g/mol. The van der Waals surface area contributed by atoms with Crippen molar-refractivity contribution in [3.63, 3.8) is 0 Å². The van der Waals surface area contributed by atoms with Gasteiger partial charge in [0.1, 0.15) is 0 Å². The molecule has 118 valence electrons. The van der Waals surface area contributed by atoms with E-state index in [2.05, 4.69) is 39.1 Å². The van der Waals surface area contributed by atoms with Gasteiger partial charge in [0.05, 0.1) is 6.61 Å². The lowest BCUT2D eigenvalue weighted by molar-refractivity contribution is 0.290. The predicted molar refractivity (Wildman–Crippen MR) is 83.3 cm³/mol. The van der Waals surface area contributed by atoms with Gasteiger partial charge in [-0.3, -0.25) is 5.43 Å². The number of nitrogens with one attached hydrogen (secondary N) is 1. The lowest BCUT2D eigenvalue weighted by atomic mass is 9.82. The average Bonchev–Trinajstić information content (AvgIpc) is 2.98. The molecule has 0 atom stereocenters. The van der Waals surface area contributed by atoms with Crippen LogP contribution in [0, 0.1) is 5.41 Å². The van der Waals surface area contributed by atoms with Gasteiger partial charge < -0.3 is 9.64 Å². The van der Waals surface area contributed by atoms with Crippen LogP contribution in [0.15, 0.2) is 0 Å². The van der Waals surface area contributed by atoms with Gasteiger partial charge in [0.2, 0.25) is 11.9 Å². The summed E-state index contributed by atoms with van der Waals surface area (Å²) in [6.45, 7) is 9.07. The molecule has 7 nitrogen and oxygen atoms in total. The highest BCUT2D eigenvalue weighted by molar-refractivity contribution is 5.39. The summed E-state index contributed by atoms with van der Waals surface area (Å²) in [4.78, 5) is 15.1. The summed E-state index contributed by atoms with van der Waals surface area (Å²) in [7, 11) is 0. The smallest absolute Gasteiger partial charge is 0.323 e. The molecule has 0 saturated carbocycles. The number of rotatable bonds is 7. The van der Waals surface area contributed by atoms with Gasteiger partial charge >= 0.3 is 6.01 Å². The van der Waals surface area contributed by atoms with Crippen molar-refractivity contribution in [3.8, 4) is 6.01 Å². The maximum absolute atomic E-state index is 5.52. The van der Waals surface area contributed by atoms with Crippen LogP contribution in [0.2, 0.25) is 0 Å². The minimum atomic E-state index is 0.334. The van der Waals surface area contributed by atoms with E-state index in [0.29, 0.717) is 29.9 Å². The van der Waals surface area contributed by atoms with Crippen LogP contribution in [0.5, 0.6) is 6.01 Å². The number of hydrazine groups is 1. The third kappa shape index (κ3) is 3.53. The molecular weight excluding hydrogens is 268 g/mol. The van der Waals surface area contributed by atoms with E-state index in [9.17, 15) is 0 Å². The Morgan fingerprint density at radius 3 is 2.57 bits per heavy atom. The minimum Gasteiger partial charge on any atom is -0.463 e. The molecule has 1 aliphatic rings. The molecule has 1 aromatic heterocycles. The number of nitrogen functional groups attached to an aromatic ring is 1. The molecular formula is C14H26N6O. The first kappa shape index (κ1) is 15.8. The Morgan fingerprint density at radius 1 is 1.24 bits per heavy atom. The SMILES string of the molecule is CCCOc1nc(NN)nc(N2CCC(CC)(CC)C2)n1. The first-order valence-electron chi connectivity index (χ1n) is 7.76. The highest BCUT2D eigenvalue weighted by Crippen LogP contribution is 2.38. The largest absolute Gasteiger partial charge is 0.463 e. The Labute approximate surface area is 126 Å². The fourth-order valence-corrected chi connectivity index (χ4v) is 2.74. The Morgan fingerprint density at radius 2 is 2.00 bits per heavy atom. The van der Waals surface area contributed by atoms with E-state index in [4.69, 9.17) is 10.6 Å². The third-order valence-electron chi connectivity index (χ3n) is 4.39. The second kappa shape index (κ2) is 6.89. The molecule has 1 aliphatic heterocycles. The van der Waals surface area contributed by atoms with Crippen molar-refractivity contribution in [2.75, 3.05) is 30.0 Å². The van der Waals surface area contributed by atoms with Crippen molar-refractivity contribution in [2.24, 2.45) is 11.3 Å². The fraction of sp³-hybridized carbons (Fsp3) is 0.786. The van der Waals surface area contributed by atoms with Crippen LogP contribution in [-0.2, 0) is 0 Å². The van der Waals surface area contributed by atoms with Crippen LogP contribution in [-0.4, -0.2) is 34.6 Å². The predicted octanol–water partition coefficient (Wildman–Crippen LogP) is 1.96. The van der Waals surface area contributed by atoms with Crippen LogP contribution >= 0.6 is 0 Å². The molecule has 0 aromatic carbocycles. The van der Waals surface area contributed by atoms with E-state index in [0.717, 1.165) is 19.5 Å². The summed E-state index contributed by atoms with van der Waals surface area (Å²) >= 11 is 0. The normalized spacial score (nSPS) is 17.0. The second-order valence-electron chi connectivity index (χ2n) is 5.61. The van der Waals surface area contributed by atoms with E-state index in [1.54, 1.807) is 0 Å². The summed E-state index contributed by atoms with van der Waals surface area (Å²) in [5.41, 5.74) is 2.86. The van der Waals surface area contributed by atoms with Gasteiger partial charge in [-0.05, 0) is 31.1 Å². The zero-order chi connectivity index (χ0) is 15.3. The highest BCUT2D eigenvalue weighted by atomic mass is 16.5. The van der Waals surface area contributed by atoms with Crippen molar-refractivity contribution in [2.45, 2.75) is 46.5 Å². The summed E-state index contributed by atoms with van der Waals surface area (Å²) in [6, 6.07) is 0.334. The molecule has 1 fully saturated rings. The second-order valence-corrected chi connectivity index (χ2v) is 5.61. The zero-order valence-electron chi connectivity index (χ0n) is 13.2. The Balaban J connectivity index is 2.19. The van der Waals surface area contributed by atoms with E-state index < -0.39 is 0 Å². The maximum atomic E-state index is 5.52. The van der Waals surface area contributed by atoms with E-state index in [1.807, 2.05) is 6.92 Å². The fourth-order valence-electron chi connectivity index (χ4n) is 2.74. The lowest BCUT2D eigenvalue weighted by Crippen LogP contribution is -2.28. The van der Waals surface area contributed by atoms with Crippen molar-refractivity contribution >= 4 is 11.9 Å². The number of aromatic nitrogens is 3. The number of hydrogen-bond donors (Lipinski definition) is 2. The Hall–Kier alpha value is -1.63. The summed E-state index contributed by atoms with van der Waals surface area (Å²) in [5.74, 6) is 6.43. The van der Waals surface area contributed by atoms with Gasteiger partial charge in [-0.25, -0.2) is 5.84 Å². The van der Waals surface area contributed by atoms with Gasteiger partial charge in [0.25, 0.3) is 0 Å². The minimum absolute atomic E-state index is 0.334. The van der Waals surface area contributed by atoms with Crippen molar-refractivity contribution in [1.29, 1.82) is 0 Å². The first-order valence-corrected chi connectivity index (χ1v) is 7.76. The third-order valence-corrected chi connectivity index (χ3v) is 4.39. The van der Waals surface area contributed by atoms with Crippen LogP contribution in [0.25, 0.3) is 0 Å². The Kier molecular flexibility index (Phi) is 5.17. The van der Waals surface area contributed by atoms with Crippen LogP contribution in [0.4, 0.5) is 11.9 Å². The van der Waals surface area contributed by atoms with Crippen LogP contribution in [0.1, 0.15) is 46.5 Å². The molecule has 7 heteroatoms. The molecule has 3 N–H and O–H groups in total. The number of ether oxygens (including phenoxy) is 1. The molecule has 0 spiro atoms. The van der Waals surface area contributed by atoms with Gasteiger partial charge in [0.15, 0.2) is 0 Å². The van der Waals surface area contributed by atoms with Crippen molar-refractivity contribution in [3.05, 3.63) is 0 Å². The molecule has 21 heavy (non-hydrogen) atoms. The van der Waals surface area contributed by atoms with Crippen LogP contribution < -0.4 is 20.9 Å². The quantitative estimate of drug-likeness (QED) is 0.587. The number of nitrogens with zero attached hydrogens (tertiary/aromatic N) is 4. The zero-order valence-corrected chi connectivity index (χ0v) is 13.2. The standard InChI is InChI=1S/C14H26N6O/c1-4-9-21-13-17-11(19-15)16-12(18-13)20-8-7-14(5-2,6-3)10-20/h4-10,15H2,1-3H3,(H,16,17,18,19). The monoisotopic (exact) mass is 294 g/mol. The van der Waals surface area contributed by atoms with E-state index in [-0.39, 0.29) is 0 Å². The van der Waals surface area contributed by atoms with E-state index >= 15 is 0 Å². The molecule has 0 aliphatic carbocycles. The number of anilines is 2. The topological polar surface area (TPSA) is 89.2 Å². The van der Waals surface area contributed by atoms with Gasteiger partial charge in [-0.15, -0.1) is 0 Å². The van der Waals surface area contributed by atoms with Gasteiger partial charge in [-0.2, -0.15) is 15.0 Å². The Bertz CT molecular complexity index is 463. The molecule has 2 rings (SSSR count). The number of hydrogen-bond acceptors (Lipinski definition) is 7. The molecule has 0 bridgehead atoms. The first-order chi connectivity index (χ1) is 10.2. The molecule has 0 unspecified atom stereocenters. The molecule has 1 saturated heterocycles. The summed E-state index contributed by atoms with van der Waals surface area (Å²) in [5, 5.41) is 0. The molecule has 0 amide bonds. The number of nitrogens with two attached hydrogens (primary N) is 1.